The average Bonchev–Trinajstić information content (AvgIpc) is 3.20. The molecule has 33 heavy (non-hydrogen) atoms. The number of nitrogens with zero attached hydrogens (tertiary/aromatic N) is 4. The van der Waals surface area contributed by atoms with Gasteiger partial charge in [-0.1, -0.05) is 30.3 Å². The minimum Gasteiger partial charge on any atom is -0.336 e. The molecule has 1 aliphatic heterocycles. The molecule has 2 aromatic carbocycles. The number of hydrogen-bond donors (Lipinski definition) is 0. The van der Waals surface area contributed by atoms with Crippen molar-refractivity contribution in [3.8, 4) is 5.69 Å². The number of halogens is 3. The predicted octanol–water partition coefficient (Wildman–Crippen LogP) is 3.35. The number of rotatable bonds is 4. The summed E-state index contributed by atoms with van der Waals surface area (Å²) in [7, 11) is -4.37. The number of aromatic nitrogens is 2. The van der Waals surface area contributed by atoms with E-state index in [1.54, 1.807) is 11.6 Å². The summed E-state index contributed by atoms with van der Waals surface area (Å²) in [6, 6.07) is 13.4. The van der Waals surface area contributed by atoms with E-state index in [-0.39, 0.29) is 32.1 Å². The van der Waals surface area contributed by atoms with Crippen molar-refractivity contribution in [3.05, 3.63) is 77.6 Å². The maximum Gasteiger partial charge on any atom is 0.417 e. The van der Waals surface area contributed by atoms with Crippen LogP contribution in [0.15, 0.2) is 65.7 Å². The van der Waals surface area contributed by atoms with Crippen LogP contribution in [0, 0.1) is 6.92 Å². The summed E-state index contributed by atoms with van der Waals surface area (Å²) in [6.07, 6.45) is -3.33. The highest BCUT2D eigenvalue weighted by Gasteiger charge is 2.40. The van der Waals surface area contributed by atoms with Crippen LogP contribution >= 0.6 is 0 Å². The van der Waals surface area contributed by atoms with Crippen molar-refractivity contribution in [2.24, 2.45) is 0 Å². The van der Waals surface area contributed by atoms with Gasteiger partial charge in [0.2, 0.25) is 10.0 Å². The lowest BCUT2D eigenvalue weighted by Crippen LogP contribution is -2.50. The Bertz CT molecular complexity index is 1270. The van der Waals surface area contributed by atoms with E-state index in [2.05, 4.69) is 5.10 Å². The molecule has 0 aliphatic carbocycles. The quantitative estimate of drug-likeness (QED) is 0.577. The van der Waals surface area contributed by atoms with Gasteiger partial charge in [-0.3, -0.25) is 4.79 Å². The molecule has 1 fully saturated rings. The number of alkyl halides is 3. The second-order valence-electron chi connectivity index (χ2n) is 7.58. The molecule has 0 radical (unpaired) electrons. The minimum atomic E-state index is -4.79. The predicted molar refractivity (Wildman–Crippen MR) is 114 cm³/mol. The van der Waals surface area contributed by atoms with E-state index >= 15 is 0 Å². The SMILES string of the molecule is Cc1c(C(=O)N2CCN(S(=O)(=O)c3ccccc3C(F)(F)F)CC2)cnn1-c1ccccc1. The smallest absolute Gasteiger partial charge is 0.336 e. The van der Waals surface area contributed by atoms with Gasteiger partial charge in [-0.2, -0.15) is 22.6 Å². The first kappa shape index (κ1) is 23.0. The van der Waals surface area contributed by atoms with Crippen molar-refractivity contribution < 1.29 is 26.4 Å². The fourth-order valence-electron chi connectivity index (χ4n) is 3.82. The molecular weight excluding hydrogens is 457 g/mol. The van der Waals surface area contributed by atoms with Crippen LogP contribution < -0.4 is 0 Å². The van der Waals surface area contributed by atoms with Gasteiger partial charge in [0.15, 0.2) is 0 Å². The summed E-state index contributed by atoms with van der Waals surface area (Å²) >= 11 is 0. The Morgan fingerprint density at radius 2 is 1.55 bits per heavy atom. The Hall–Kier alpha value is -3.18. The molecule has 1 amide bonds. The molecule has 0 unspecified atom stereocenters. The Balaban J connectivity index is 1.50. The third-order valence-corrected chi connectivity index (χ3v) is 7.53. The largest absolute Gasteiger partial charge is 0.417 e. The summed E-state index contributed by atoms with van der Waals surface area (Å²) < 4.78 is 68.4. The molecule has 0 saturated carbocycles. The van der Waals surface area contributed by atoms with Gasteiger partial charge in [0.25, 0.3) is 5.91 Å². The molecular formula is C22H21F3N4O3S. The molecule has 0 spiro atoms. The molecule has 1 saturated heterocycles. The fourth-order valence-corrected chi connectivity index (χ4v) is 5.45. The summed E-state index contributed by atoms with van der Waals surface area (Å²) in [4.78, 5) is 13.7. The molecule has 2 heterocycles. The van der Waals surface area contributed by atoms with Crippen molar-refractivity contribution in [1.82, 2.24) is 19.0 Å². The number of amides is 1. The van der Waals surface area contributed by atoms with Crippen molar-refractivity contribution >= 4 is 15.9 Å². The molecule has 1 aromatic heterocycles. The van der Waals surface area contributed by atoms with E-state index < -0.39 is 26.7 Å². The Morgan fingerprint density at radius 3 is 2.18 bits per heavy atom. The summed E-state index contributed by atoms with van der Waals surface area (Å²) in [5.74, 6) is -0.303. The normalized spacial score (nSPS) is 15.6. The number of carbonyl (C=O) groups is 1. The molecule has 7 nitrogen and oxygen atoms in total. The average molecular weight is 478 g/mol. The highest BCUT2D eigenvalue weighted by molar-refractivity contribution is 7.89. The molecule has 0 bridgehead atoms. The van der Waals surface area contributed by atoms with Crippen molar-refractivity contribution in [1.29, 1.82) is 0 Å². The summed E-state index contributed by atoms with van der Waals surface area (Å²) in [5, 5.41) is 4.28. The van der Waals surface area contributed by atoms with Gasteiger partial charge in [-0.25, -0.2) is 13.1 Å². The Morgan fingerprint density at radius 1 is 0.939 bits per heavy atom. The number of carbonyl (C=O) groups excluding carboxylic acids is 1. The van der Waals surface area contributed by atoms with E-state index in [9.17, 15) is 26.4 Å². The van der Waals surface area contributed by atoms with Crippen LogP contribution in [0.1, 0.15) is 21.6 Å². The van der Waals surface area contributed by atoms with E-state index in [0.29, 0.717) is 11.3 Å². The molecule has 0 N–H and O–H groups in total. The van der Waals surface area contributed by atoms with Gasteiger partial charge < -0.3 is 4.90 Å². The number of sulfonamides is 1. The maximum atomic E-state index is 13.3. The van der Waals surface area contributed by atoms with Crippen LogP contribution in [0.3, 0.4) is 0 Å². The lowest BCUT2D eigenvalue weighted by molar-refractivity contribution is -0.139. The van der Waals surface area contributed by atoms with Gasteiger partial charge in [0.1, 0.15) is 0 Å². The zero-order valence-corrected chi connectivity index (χ0v) is 18.5. The van der Waals surface area contributed by atoms with Gasteiger partial charge >= 0.3 is 6.18 Å². The molecule has 174 valence electrons. The summed E-state index contributed by atoms with van der Waals surface area (Å²) in [5.41, 5.74) is 0.624. The fraction of sp³-hybridized carbons (Fsp3) is 0.273. The minimum absolute atomic E-state index is 0.0577. The van der Waals surface area contributed by atoms with Gasteiger partial charge in [-0.15, -0.1) is 0 Å². The van der Waals surface area contributed by atoms with Crippen LogP contribution in [0.5, 0.6) is 0 Å². The van der Waals surface area contributed by atoms with Crippen molar-refractivity contribution in [2.75, 3.05) is 26.2 Å². The zero-order chi connectivity index (χ0) is 23.8. The number of hydrogen-bond acceptors (Lipinski definition) is 4. The van der Waals surface area contributed by atoms with Crippen molar-refractivity contribution in [3.63, 3.8) is 0 Å². The number of benzene rings is 2. The molecule has 11 heteroatoms. The van der Waals surface area contributed by atoms with Crippen LogP contribution in [0.2, 0.25) is 0 Å². The molecule has 1 aliphatic rings. The maximum absolute atomic E-state index is 13.3. The van der Waals surface area contributed by atoms with Crippen LogP contribution in [-0.2, 0) is 16.2 Å². The van der Waals surface area contributed by atoms with Gasteiger partial charge in [-0.05, 0) is 31.2 Å². The van der Waals surface area contributed by atoms with E-state index in [1.807, 2.05) is 30.3 Å². The number of piperazine rings is 1. The monoisotopic (exact) mass is 478 g/mol. The molecule has 4 rings (SSSR count). The second-order valence-corrected chi connectivity index (χ2v) is 9.49. The second kappa shape index (κ2) is 8.64. The van der Waals surface area contributed by atoms with Gasteiger partial charge in [0, 0.05) is 26.2 Å². The van der Waals surface area contributed by atoms with Crippen LogP contribution in [0.4, 0.5) is 13.2 Å². The topological polar surface area (TPSA) is 75.5 Å². The van der Waals surface area contributed by atoms with Gasteiger partial charge in [0.05, 0.1) is 33.6 Å². The Labute approximate surface area is 189 Å². The third kappa shape index (κ3) is 4.38. The lowest BCUT2D eigenvalue weighted by atomic mass is 10.2. The highest BCUT2D eigenvalue weighted by atomic mass is 32.2. The van der Waals surface area contributed by atoms with Crippen molar-refractivity contribution in [2.45, 2.75) is 18.0 Å². The Kier molecular flexibility index (Phi) is 6.02. The standard InChI is InChI=1S/C22H21F3N4O3S/c1-16-18(15-26-29(16)17-7-3-2-4-8-17)21(30)27-11-13-28(14-12-27)33(31,32)20-10-6-5-9-19(20)22(23,24)25/h2-10,15H,11-14H2,1H3. The van der Waals surface area contributed by atoms with E-state index in [4.69, 9.17) is 0 Å². The van der Waals surface area contributed by atoms with E-state index in [1.165, 1.54) is 17.2 Å². The first-order valence-electron chi connectivity index (χ1n) is 10.2. The third-order valence-electron chi connectivity index (χ3n) is 5.58. The molecule has 3 aromatic rings. The zero-order valence-electron chi connectivity index (χ0n) is 17.7. The highest BCUT2D eigenvalue weighted by Crippen LogP contribution is 2.35. The van der Waals surface area contributed by atoms with Crippen LogP contribution in [0.25, 0.3) is 5.69 Å². The number of para-hydroxylation sites is 1. The first-order valence-corrected chi connectivity index (χ1v) is 11.6. The molecule has 0 atom stereocenters. The summed E-state index contributed by atoms with van der Waals surface area (Å²) in [6.45, 7) is 1.67. The van der Waals surface area contributed by atoms with Crippen LogP contribution in [-0.4, -0.2) is 59.5 Å². The lowest BCUT2D eigenvalue weighted by Gasteiger charge is -2.34. The first-order chi connectivity index (χ1) is 15.6. The van der Waals surface area contributed by atoms with E-state index in [0.717, 1.165) is 28.2 Å².